The van der Waals surface area contributed by atoms with Gasteiger partial charge in [-0.2, -0.15) is 0 Å². The lowest BCUT2D eigenvalue weighted by Gasteiger charge is -2.25. The van der Waals surface area contributed by atoms with Crippen LogP contribution >= 0.6 is 0 Å². The molecular weight excluding hydrogens is 454 g/mol. The molecule has 0 fully saturated rings. The quantitative estimate of drug-likeness (QED) is 0.360. The zero-order valence-electron chi connectivity index (χ0n) is 22.1. The number of hydrogen-bond donors (Lipinski definition) is 1. The topological polar surface area (TPSA) is 81.7 Å². The van der Waals surface area contributed by atoms with Gasteiger partial charge in [0.25, 0.3) is 0 Å². The molecule has 0 saturated heterocycles. The molecule has 0 spiro atoms. The molecule has 3 rings (SSSR count). The summed E-state index contributed by atoms with van der Waals surface area (Å²) in [6.45, 7) is 9.91. The first-order valence-electron chi connectivity index (χ1n) is 13.0. The molecule has 2 aromatic rings. The van der Waals surface area contributed by atoms with E-state index in [1.807, 2.05) is 38.1 Å². The molecule has 1 amide bonds. The number of benzene rings is 2. The van der Waals surface area contributed by atoms with E-state index in [1.54, 1.807) is 6.92 Å². The van der Waals surface area contributed by atoms with Crippen molar-refractivity contribution in [2.75, 3.05) is 13.2 Å². The highest BCUT2D eigenvalue weighted by Gasteiger charge is 2.32. The fraction of sp³-hybridized carbons (Fsp3) is 0.500. The van der Waals surface area contributed by atoms with Crippen LogP contribution in [0.3, 0.4) is 0 Å². The van der Waals surface area contributed by atoms with Gasteiger partial charge in [-0.3, -0.25) is 0 Å². The van der Waals surface area contributed by atoms with Crippen molar-refractivity contribution in [3.8, 4) is 11.1 Å². The minimum absolute atomic E-state index is 0.0292. The third-order valence-corrected chi connectivity index (χ3v) is 6.93. The fourth-order valence-electron chi connectivity index (χ4n) is 5.01. The summed E-state index contributed by atoms with van der Waals surface area (Å²) in [5.41, 5.74) is 4.58. The van der Waals surface area contributed by atoms with E-state index >= 15 is 0 Å². The summed E-state index contributed by atoms with van der Waals surface area (Å²) in [7, 11) is 0. The van der Waals surface area contributed by atoms with Crippen LogP contribution in [-0.2, 0) is 19.1 Å². The SMILES string of the molecule is CC[C@H](C)[C@H](NC(=O)OCC1c2ccccc2-c2ccccc21)C(=O)OC[C@@H](CC(C)=O)CC(C)C. The molecule has 6 nitrogen and oxygen atoms in total. The summed E-state index contributed by atoms with van der Waals surface area (Å²) < 4.78 is 11.2. The lowest BCUT2D eigenvalue weighted by molar-refractivity contribution is -0.149. The van der Waals surface area contributed by atoms with Gasteiger partial charge in [-0.25, -0.2) is 9.59 Å². The number of fused-ring (bicyclic) bond motifs is 3. The van der Waals surface area contributed by atoms with Crippen LogP contribution in [-0.4, -0.2) is 37.1 Å². The number of rotatable bonds is 12. The lowest BCUT2D eigenvalue weighted by Crippen LogP contribution is -2.46. The Morgan fingerprint density at radius 3 is 2.03 bits per heavy atom. The summed E-state index contributed by atoms with van der Waals surface area (Å²) >= 11 is 0. The van der Waals surface area contributed by atoms with Crippen molar-refractivity contribution in [1.29, 1.82) is 0 Å². The Hall–Kier alpha value is -3.15. The summed E-state index contributed by atoms with van der Waals surface area (Å²) in [6, 6.07) is 15.5. The normalized spacial score (nSPS) is 14.9. The molecule has 1 aliphatic carbocycles. The molecule has 36 heavy (non-hydrogen) atoms. The highest BCUT2D eigenvalue weighted by molar-refractivity contribution is 5.82. The third kappa shape index (κ3) is 6.96. The van der Waals surface area contributed by atoms with Gasteiger partial charge in [0.15, 0.2) is 0 Å². The first-order valence-corrected chi connectivity index (χ1v) is 13.0. The van der Waals surface area contributed by atoms with E-state index < -0.39 is 18.1 Å². The van der Waals surface area contributed by atoms with Gasteiger partial charge in [0.1, 0.15) is 18.4 Å². The van der Waals surface area contributed by atoms with Crippen LogP contribution in [0.1, 0.15) is 70.9 Å². The maximum Gasteiger partial charge on any atom is 0.407 e. The molecule has 6 heteroatoms. The predicted molar refractivity (Wildman–Crippen MR) is 141 cm³/mol. The van der Waals surface area contributed by atoms with Crippen LogP contribution in [0.2, 0.25) is 0 Å². The van der Waals surface area contributed by atoms with Crippen LogP contribution < -0.4 is 5.32 Å². The van der Waals surface area contributed by atoms with Gasteiger partial charge < -0.3 is 19.6 Å². The zero-order valence-corrected chi connectivity index (χ0v) is 22.1. The number of nitrogens with one attached hydrogen (secondary N) is 1. The molecule has 194 valence electrons. The number of hydrogen-bond acceptors (Lipinski definition) is 5. The molecule has 0 aromatic heterocycles. The van der Waals surface area contributed by atoms with E-state index in [1.165, 1.54) is 0 Å². The standard InChI is InChI=1S/C30H39NO5/c1-6-20(4)28(29(33)35-17-22(15-19(2)3)16-21(5)32)31-30(34)36-18-27-25-13-9-7-11-23(25)24-12-8-10-14-26(24)27/h7-14,19-20,22,27-28H,6,15-18H2,1-5H3,(H,31,34)/t20-,22+,28-/m0/s1. The Kier molecular flexibility index (Phi) is 9.68. The molecule has 0 saturated carbocycles. The van der Waals surface area contributed by atoms with Gasteiger partial charge in [0, 0.05) is 18.3 Å². The van der Waals surface area contributed by atoms with E-state index in [2.05, 4.69) is 43.4 Å². The maximum absolute atomic E-state index is 13.0. The molecule has 3 atom stereocenters. The second-order valence-corrected chi connectivity index (χ2v) is 10.4. The average Bonchev–Trinajstić information content (AvgIpc) is 3.17. The summed E-state index contributed by atoms with van der Waals surface area (Å²) in [5.74, 6) is -0.243. The number of Topliss-reactive ketones (excluding diaryl/α,β-unsaturated/α-hetero) is 1. The van der Waals surface area contributed by atoms with Crippen molar-refractivity contribution in [2.45, 2.75) is 65.8 Å². The number of ketones is 1. The molecule has 1 aliphatic rings. The first kappa shape index (κ1) is 27.4. The Morgan fingerprint density at radius 2 is 1.50 bits per heavy atom. The van der Waals surface area contributed by atoms with Crippen LogP contribution in [0.15, 0.2) is 48.5 Å². The Bertz CT molecular complexity index is 1020. The van der Waals surface area contributed by atoms with Crippen molar-refractivity contribution in [3.63, 3.8) is 0 Å². The first-order chi connectivity index (χ1) is 17.2. The summed E-state index contributed by atoms with van der Waals surface area (Å²) in [6.07, 6.45) is 1.22. The molecule has 0 unspecified atom stereocenters. The number of alkyl carbamates (subject to hydrolysis) is 1. The average molecular weight is 494 g/mol. The van der Waals surface area contributed by atoms with Gasteiger partial charge in [0.05, 0.1) is 6.61 Å². The van der Waals surface area contributed by atoms with Crippen LogP contribution in [0.5, 0.6) is 0 Å². The van der Waals surface area contributed by atoms with E-state index in [9.17, 15) is 14.4 Å². The van der Waals surface area contributed by atoms with Crippen LogP contribution in [0.25, 0.3) is 11.1 Å². The molecule has 1 N–H and O–H groups in total. The van der Waals surface area contributed by atoms with Crippen molar-refractivity contribution >= 4 is 17.8 Å². The molecule has 0 radical (unpaired) electrons. The van der Waals surface area contributed by atoms with Crippen LogP contribution in [0, 0.1) is 17.8 Å². The van der Waals surface area contributed by atoms with Crippen molar-refractivity contribution in [1.82, 2.24) is 5.32 Å². The molecule has 2 aromatic carbocycles. The Morgan fingerprint density at radius 1 is 0.917 bits per heavy atom. The second kappa shape index (κ2) is 12.7. The van der Waals surface area contributed by atoms with E-state index in [-0.39, 0.29) is 36.8 Å². The molecule has 0 bridgehead atoms. The summed E-state index contributed by atoms with van der Waals surface area (Å²) in [4.78, 5) is 37.4. The van der Waals surface area contributed by atoms with Crippen molar-refractivity contribution in [3.05, 3.63) is 59.7 Å². The highest BCUT2D eigenvalue weighted by atomic mass is 16.6. The highest BCUT2D eigenvalue weighted by Crippen LogP contribution is 2.44. The van der Waals surface area contributed by atoms with E-state index in [0.29, 0.717) is 18.8 Å². The fourth-order valence-corrected chi connectivity index (χ4v) is 5.01. The number of carbonyl (C=O) groups is 3. The van der Waals surface area contributed by atoms with Crippen molar-refractivity contribution < 1.29 is 23.9 Å². The number of carbonyl (C=O) groups excluding carboxylic acids is 3. The minimum Gasteiger partial charge on any atom is -0.464 e. The van der Waals surface area contributed by atoms with Gasteiger partial charge in [-0.05, 0) is 47.4 Å². The molecule has 0 aliphatic heterocycles. The van der Waals surface area contributed by atoms with Crippen molar-refractivity contribution in [2.24, 2.45) is 17.8 Å². The van der Waals surface area contributed by atoms with Gasteiger partial charge >= 0.3 is 12.1 Å². The number of amides is 1. The number of ether oxygens (including phenoxy) is 2. The predicted octanol–water partition coefficient (Wildman–Crippen LogP) is 6.12. The maximum atomic E-state index is 13.0. The zero-order chi connectivity index (χ0) is 26.2. The Balaban J connectivity index is 1.62. The molecule has 0 heterocycles. The smallest absolute Gasteiger partial charge is 0.407 e. The van der Waals surface area contributed by atoms with Gasteiger partial charge in [0.2, 0.25) is 0 Å². The van der Waals surface area contributed by atoms with Crippen LogP contribution in [0.4, 0.5) is 4.79 Å². The van der Waals surface area contributed by atoms with Gasteiger partial charge in [-0.15, -0.1) is 0 Å². The minimum atomic E-state index is -0.817. The summed E-state index contributed by atoms with van der Waals surface area (Å²) in [5, 5.41) is 2.74. The van der Waals surface area contributed by atoms with Gasteiger partial charge in [-0.1, -0.05) is 82.6 Å². The number of esters is 1. The second-order valence-electron chi connectivity index (χ2n) is 10.4. The monoisotopic (exact) mass is 493 g/mol. The largest absolute Gasteiger partial charge is 0.464 e. The molecular formula is C30H39NO5. The lowest BCUT2D eigenvalue weighted by atomic mass is 9.93. The van der Waals surface area contributed by atoms with E-state index in [4.69, 9.17) is 9.47 Å². The Labute approximate surface area is 214 Å². The third-order valence-electron chi connectivity index (χ3n) is 6.93. The van der Waals surface area contributed by atoms with E-state index in [0.717, 1.165) is 28.7 Å².